The minimum absolute atomic E-state index is 0.0741. The Morgan fingerprint density at radius 2 is 1.41 bits per heavy atom. The number of rotatable bonds is 8. The van der Waals surface area contributed by atoms with Crippen LogP contribution in [0.3, 0.4) is 0 Å². The van der Waals surface area contributed by atoms with E-state index >= 15 is 0 Å². The van der Waals surface area contributed by atoms with E-state index in [-0.39, 0.29) is 22.7 Å². The van der Waals surface area contributed by atoms with Crippen molar-refractivity contribution in [1.82, 2.24) is 5.32 Å². The van der Waals surface area contributed by atoms with Crippen molar-refractivity contribution < 1.29 is 27.9 Å². The zero-order chi connectivity index (χ0) is 29.7. The maximum absolute atomic E-state index is 14.1. The van der Waals surface area contributed by atoms with Crippen LogP contribution in [0, 0.1) is 11.6 Å². The molecule has 3 N–H and O–H groups in total. The molecule has 41 heavy (non-hydrogen) atoms. The summed E-state index contributed by atoms with van der Waals surface area (Å²) in [5.74, 6) is -3.59. The summed E-state index contributed by atoms with van der Waals surface area (Å²) >= 11 is 15.4. The van der Waals surface area contributed by atoms with Crippen molar-refractivity contribution in [2.75, 3.05) is 17.7 Å². The highest BCUT2D eigenvalue weighted by molar-refractivity contribution is 9.10. The van der Waals surface area contributed by atoms with Gasteiger partial charge in [-0.05, 0) is 72.3 Å². The SMILES string of the molecule is COc1ccc(NC(=O)c2cc(CNC(=O)c3c(F)ccc(F)c3Cl)ccc2Cl)cc1C(=O)Nc1ccc(Br)cc1. The van der Waals surface area contributed by atoms with Crippen molar-refractivity contribution >= 4 is 68.2 Å². The molecule has 0 saturated heterocycles. The number of hydrogen-bond acceptors (Lipinski definition) is 4. The van der Waals surface area contributed by atoms with Gasteiger partial charge in [-0.25, -0.2) is 8.78 Å². The summed E-state index contributed by atoms with van der Waals surface area (Å²) in [7, 11) is 1.42. The van der Waals surface area contributed by atoms with Crippen LogP contribution in [0.2, 0.25) is 10.0 Å². The lowest BCUT2D eigenvalue weighted by Gasteiger charge is -2.13. The van der Waals surface area contributed by atoms with Crippen molar-refractivity contribution in [2.45, 2.75) is 6.54 Å². The highest BCUT2D eigenvalue weighted by Gasteiger charge is 2.20. The van der Waals surface area contributed by atoms with E-state index in [0.717, 1.165) is 16.6 Å². The van der Waals surface area contributed by atoms with Gasteiger partial charge in [-0.15, -0.1) is 0 Å². The number of nitrogens with one attached hydrogen (secondary N) is 3. The standard InChI is InChI=1S/C29H20BrCl2F2N3O4/c1-41-24-11-7-18(13-20(24)28(39)36-17-5-3-16(30)4-6-17)37-27(38)19-12-15(2-8-21(19)31)14-35-29(40)25-22(33)9-10-23(34)26(25)32/h2-13H,14H2,1H3,(H,35,40)(H,36,39)(H,37,38). The van der Waals surface area contributed by atoms with Gasteiger partial charge in [0.1, 0.15) is 17.4 Å². The number of amides is 3. The molecular formula is C29H20BrCl2F2N3O4. The first kappa shape index (κ1) is 30.0. The molecule has 0 radical (unpaired) electrons. The van der Waals surface area contributed by atoms with E-state index in [1.54, 1.807) is 36.4 Å². The zero-order valence-corrected chi connectivity index (χ0v) is 24.3. The van der Waals surface area contributed by atoms with E-state index < -0.39 is 39.9 Å². The molecule has 0 saturated carbocycles. The largest absolute Gasteiger partial charge is 0.496 e. The second kappa shape index (κ2) is 13.1. The number of ether oxygens (including phenoxy) is 1. The van der Waals surface area contributed by atoms with E-state index in [0.29, 0.717) is 22.7 Å². The molecule has 0 heterocycles. The van der Waals surface area contributed by atoms with Gasteiger partial charge in [0.2, 0.25) is 0 Å². The first-order valence-electron chi connectivity index (χ1n) is 11.8. The Bertz CT molecular complexity index is 1650. The Morgan fingerprint density at radius 3 is 2.12 bits per heavy atom. The number of benzene rings is 4. The lowest BCUT2D eigenvalue weighted by atomic mass is 10.1. The lowest BCUT2D eigenvalue weighted by Crippen LogP contribution is -2.25. The Kier molecular flexibility index (Phi) is 9.59. The lowest BCUT2D eigenvalue weighted by molar-refractivity contribution is 0.0945. The molecule has 0 aromatic heterocycles. The fourth-order valence-corrected chi connectivity index (χ4v) is 4.46. The van der Waals surface area contributed by atoms with Crippen LogP contribution in [0.25, 0.3) is 0 Å². The number of methoxy groups -OCH3 is 1. The van der Waals surface area contributed by atoms with Gasteiger partial charge in [-0.1, -0.05) is 45.2 Å². The van der Waals surface area contributed by atoms with E-state index in [1.807, 2.05) is 0 Å². The molecular weight excluding hydrogens is 643 g/mol. The van der Waals surface area contributed by atoms with Crippen molar-refractivity contribution in [3.8, 4) is 5.75 Å². The van der Waals surface area contributed by atoms with Gasteiger partial charge in [0.15, 0.2) is 0 Å². The van der Waals surface area contributed by atoms with Gasteiger partial charge in [-0.3, -0.25) is 14.4 Å². The molecule has 0 bridgehead atoms. The second-order valence-electron chi connectivity index (χ2n) is 8.55. The Morgan fingerprint density at radius 1 is 0.780 bits per heavy atom. The van der Waals surface area contributed by atoms with Crippen molar-refractivity contribution in [1.29, 1.82) is 0 Å². The molecule has 0 unspecified atom stereocenters. The average Bonchev–Trinajstić information content (AvgIpc) is 2.95. The Labute approximate surface area is 251 Å². The summed E-state index contributed by atoms with van der Waals surface area (Å²) in [4.78, 5) is 38.5. The predicted molar refractivity (Wildman–Crippen MR) is 157 cm³/mol. The molecule has 4 aromatic carbocycles. The number of hydrogen-bond donors (Lipinski definition) is 3. The molecule has 0 aliphatic carbocycles. The van der Waals surface area contributed by atoms with Crippen molar-refractivity contribution in [3.05, 3.63) is 121 Å². The third-order valence-electron chi connectivity index (χ3n) is 5.80. The molecule has 4 aromatic rings. The summed E-state index contributed by atoms with van der Waals surface area (Å²) in [5.41, 5.74) is 0.933. The van der Waals surface area contributed by atoms with E-state index in [9.17, 15) is 23.2 Å². The van der Waals surface area contributed by atoms with Crippen LogP contribution >= 0.6 is 39.1 Å². The highest BCUT2D eigenvalue weighted by Crippen LogP contribution is 2.27. The zero-order valence-electron chi connectivity index (χ0n) is 21.2. The van der Waals surface area contributed by atoms with Gasteiger partial charge >= 0.3 is 0 Å². The van der Waals surface area contributed by atoms with Crippen LogP contribution < -0.4 is 20.7 Å². The maximum Gasteiger partial charge on any atom is 0.259 e. The predicted octanol–water partition coefficient (Wildman–Crippen LogP) is 7.48. The highest BCUT2D eigenvalue weighted by atomic mass is 79.9. The number of anilines is 2. The third kappa shape index (κ3) is 7.21. The van der Waals surface area contributed by atoms with Gasteiger partial charge in [0.05, 0.1) is 33.8 Å². The fourth-order valence-electron chi connectivity index (χ4n) is 3.76. The van der Waals surface area contributed by atoms with E-state index in [2.05, 4.69) is 31.9 Å². The molecule has 0 aliphatic heterocycles. The smallest absolute Gasteiger partial charge is 0.259 e. The summed E-state index contributed by atoms with van der Waals surface area (Å²) < 4.78 is 33.9. The minimum Gasteiger partial charge on any atom is -0.496 e. The van der Waals surface area contributed by atoms with Crippen molar-refractivity contribution in [2.24, 2.45) is 0 Å². The fraction of sp³-hybridized carbons (Fsp3) is 0.0690. The van der Waals surface area contributed by atoms with Gasteiger partial charge in [0, 0.05) is 22.4 Å². The van der Waals surface area contributed by atoms with Gasteiger partial charge in [0.25, 0.3) is 17.7 Å². The van der Waals surface area contributed by atoms with Crippen molar-refractivity contribution in [3.63, 3.8) is 0 Å². The molecule has 0 spiro atoms. The monoisotopic (exact) mass is 661 g/mol. The molecule has 4 rings (SSSR count). The van der Waals surface area contributed by atoms with Crippen LogP contribution in [0.4, 0.5) is 20.2 Å². The van der Waals surface area contributed by atoms with Crippen LogP contribution in [-0.2, 0) is 6.54 Å². The van der Waals surface area contributed by atoms with Crippen LogP contribution in [0.15, 0.2) is 77.3 Å². The summed E-state index contributed by atoms with van der Waals surface area (Å²) in [6.07, 6.45) is 0. The Hall–Kier alpha value is -3.99. The topological polar surface area (TPSA) is 96.5 Å². The molecule has 0 fully saturated rings. The molecule has 7 nitrogen and oxygen atoms in total. The third-order valence-corrected chi connectivity index (χ3v) is 7.03. The van der Waals surface area contributed by atoms with E-state index in [1.165, 1.54) is 31.4 Å². The van der Waals surface area contributed by atoms with E-state index in [4.69, 9.17) is 27.9 Å². The summed E-state index contributed by atoms with van der Waals surface area (Å²) in [6.45, 7) is -0.133. The van der Waals surface area contributed by atoms with Gasteiger partial charge in [-0.2, -0.15) is 0 Å². The molecule has 0 atom stereocenters. The first-order chi connectivity index (χ1) is 19.6. The maximum atomic E-state index is 14.1. The minimum atomic E-state index is -0.977. The average molecular weight is 663 g/mol. The summed E-state index contributed by atoms with van der Waals surface area (Å²) in [5, 5.41) is 7.40. The second-order valence-corrected chi connectivity index (χ2v) is 10.2. The molecule has 0 aliphatic rings. The summed E-state index contributed by atoms with van der Waals surface area (Å²) in [6, 6.07) is 17.6. The van der Waals surface area contributed by atoms with Gasteiger partial charge < -0.3 is 20.7 Å². The van der Waals surface area contributed by atoms with Crippen LogP contribution in [-0.4, -0.2) is 24.8 Å². The number of carbonyl (C=O) groups is 3. The van der Waals surface area contributed by atoms with Crippen LogP contribution in [0.5, 0.6) is 5.75 Å². The molecule has 210 valence electrons. The number of carbonyl (C=O) groups excluding carboxylic acids is 3. The number of halogens is 5. The first-order valence-corrected chi connectivity index (χ1v) is 13.4. The van der Waals surface area contributed by atoms with Crippen LogP contribution in [0.1, 0.15) is 36.6 Å². The Balaban J connectivity index is 1.49. The molecule has 3 amide bonds. The quantitative estimate of drug-likeness (QED) is 0.171. The molecule has 12 heteroatoms. The normalized spacial score (nSPS) is 10.6.